The van der Waals surface area contributed by atoms with Gasteiger partial charge < -0.3 is 5.73 Å². The predicted octanol–water partition coefficient (Wildman–Crippen LogP) is 2.87. The second-order valence-electron chi connectivity index (χ2n) is 4.06. The number of Topliss-reactive ketones (excluding diaryl/α,β-unsaturated/α-hetero) is 1. The topological polar surface area (TPSA) is 43.1 Å². The Morgan fingerprint density at radius 2 is 1.76 bits per heavy atom. The zero-order valence-corrected chi connectivity index (χ0v) is 9.58. The summed E-state index contributed by atoms with van der Waals surface area (Å²) in [5.74, 6) is -1.22. The average Bonchev–Trinajstić information content (AvgIpc) is 2.25. The average molecular weight is 245 g/mol. The van der Waals surface area contributed by atoms with Crippen LogP contribution in [0, 0.1) is 5.92 Å². The van der Waals surface area contributed by atoms with Gasteiger partial charge in [0.05, 0.1) is 5.56 Å². The van der Waals surface area contributed by atoms with Crippen LogP contribution in [0.25, 0.3) is 0 Å². The molecule has 0 saturated heterocycles. The normalized spacial score (nSPS) is 15.4. The molecule has 2 atom stereocenters. The lowest BCUT2D eigenvalue weighted by Crippen LogP contribution is -2.31. The minimum Gasteiger partial charge on any atom is -0.327 e. The lowest BCUT2D eigenvalue weighted by molar-refractivity contribution is -0.137. The first-order valence-corrected chi connectivity index (χ1v) is 5.21. The molecular formula is C12H14F3NO. The number of carbonyl (C=O) groups is 1. The summed E-state index contributed by atoms with van der Waals surface area (Å²) in [6.07, 6.45) is -4.52. The van der Waals surface area contributed by atoms with Crippen molar-refractivity contribution >= 4 is 5.78 Å². The van der Waals surface area contributed by atoms with Crippen LogP contribution in [0.1, 0.15) is 29.8 Å². The third kappa shape index (κ3) is 3.06. The van der Waals surface area contributed by atoms with E-state index in [9.17, 15) is 18.0 Å². The van der Waals surface area contributed by atoms with Crippen molar-refractivity contribution in [1.82, 2.24) is 0 Å². The number of ketones is 1. The number of nitrogens with two attached hydrogens (primary N) is 1. The Balaban J connectivity index is 3.19. The number of hydrogen-bond acceptors (Lipinski definition) is 2. The van der Waals surface area contributed by atoms with Crippen LogP contribution in [-0.4, -0.2) is 11.8 Å². The molecule has 0 radical (unpaired) electrons. The second-order valence-corrected chi connectivity index (χ2v) is 4.06. The number of carbonyl (C=O) groups excluding carboxylic acids is 1. The number of rotatable bonds is 3. The number of benzene rings is 1. The summed E-state index contributed by atoms with van der Waals surface area (Å²) in [5, 5.41) is 0. The van der Waals surface area contributed by atoms with Gasteiger partial charge in [-0.25, -0.2) is 0 Å². The van der Waals surface area contributed by atoms with E-state index in [1.165, 1.54) is 25.1 Å². The van der Waals surface area contributed by atoms with Gasteiger partial charge in [-0.1, -0.05) is 25.1 Å². The molecule has 1 aromatic carbocycles. The van der Waals surface area contributed by atoms with E-state index in [-0.39, 0.29) is 5.56 Å². The number of halogens is 3. The van der Waals surface area contributed by atoms with Gasteiger partial charge in [-0.3, -0.25) is 4.79 Å². The molecule has 0 spiro atoms. The van der Waals surface area contributed by atoms with Crippen LogP contribution in [-0.2, 0) is 6.18 Å². The highest BCUT2D eigenvalue weighted by atomic mass is 19.4. The summed E-state index contributed by atoms with van der Waals surface area (Å²) >= 11 is 0. The maximum atomic E-state index is 12.7. The van der Waals surface area contributed by atoms with Gasteiger partial charge in [-0.05, 0) is 13.0 Å². The first-order valence-electron chi connectivity index (χ1n) is 5.21. The molecule has 0 fully saturated rings. The summed E-state index contributed by atoms with van der Waals surface area (Å²) in [6.45, 7) is 3.12. The van der Waals surface area contributed by atoms with Crippen LogP contribution in [0.2, 0.25) is 0 Å². The molecule has 1 rings (SSSR count). The molecule has 0 aromatic heterocycles. The molecule has 2 N–H and O–H groups in total. The van der Waals surface area contributed by atoms with Crippen LogP contribution in [0.3, 0.4) is 0 Å². The fourth-order valence-electron chi connectivity index (χ4n) is 1.43. The van der Waals surface area contributed by atoms with Crippen molar-refractivity contribution in [2.24, 2.45) is 11.7 Å². The first kappa shape index (κ1) is 13.7. The zero-order valence-electron chi connectivity index (χ0n) is 9.58. The molecule has 0 aliphatic rings. The molecule has 5 heteroatoms. The molecule has 0 amide bonds. The van der Waals surface area contributed by atoms with Crippen LogP contribution >= 0.6 is 0 Å². The minimum atomic E-state index is -4.52. The molecule has 0 aliphatic heterocycles. The molecule has 0 saturated carbocycles. The van der Waals surface area contributed by atoms with Gasteiger partial charge in [0.1, 0.15) is 0 Å². The van der Waals surface area contributed by atoms with E-state index in [1.54, 1.807) is 6.92 Å². The van der Waals surface area contributed by atoms with E-state index in [2.05, 4.69) is 0 Å². The molecule has 94 valence electrons. The van der Waals surface area contributed by atoms with Crippen molar-refractivity contribution in [3.05, 3.63) is 35.4 Å². The summed E-state index contributed by atoms with van der Waals surface area (Å²) in [6, 6.07) is 4.28. The maximum absolute atomic E-state index is 12.7. The monoisotopic (exact) mass is 245 g/mol. The standard InChI is InChI=1S/C12H14F3NO/c1-7(8(2)16)11(17)9-5-3-4-6-10(9)12(13,14)15/h3-8H,16H2,1-2H3. The maximum Gasteiger partial charge on any atom is 0.417 e. The number of hydrogen-bond donors (Lipinski definition) is 1. The van der Waals surface area contributed by atoms with Gasteiger partial charge in [0.2, 0.25) is 0 Å². The van der Waals surface area contributed by atoms with E-state index >= 15 is 0 Å². The van der Waals surface area contributed by atoms with Gasteiger partial charge >= 0.3 is 6.18 Å². The van der Waals surface area contributed by atoms with Crippen molar-refractivity contribution in [2.75, 3.05) is 0 Å². The fraction of sp³-hybridized carbons (Fsp3) is 0.417. The Hall–Kier alpha value is -1.36. The van der Waals surface area contributed by atoms with Crippen LogP contribution < -0.4 is 5.73 Å². The molecule has 2 nitrogen and oxygen atoms in total. The molecule has 17 heavy (non-hydrogen) atoms. The van der Waals surface area contributed by atoms with Crippen molar-refractivity contribution in [1.29, 1.82) is 0 Å². The Morgan fingerprint density at radius 1 is 1.24 bits per heavy atom. The van der Waals surface area contributed by atoms with Crippen molar-refractivity contribution in [3.8, 4) is 0 Å². The molecular weight excluding hydrogens is 231 g/mol. The molecule has 0 heterocycles. The van der Waals surface area contributed by atoms with Gasteiger partial charge in [0.15, 0.2) is 5.78 Å². The van der Waals surface area contributed by atoms with E-state index < -0.39 is 29.5 Å². The van der Waals surface area contributed by atoms with Crippen LogP contribution in [0.5, 0.6) is 0 Å². The summed E-state index contributed by atoms with van der Waals surface area (Å²) < 4.78 is 38.1. The van der Waals surface area contributed by atoms with Gasteiger partial charge in [0.25, 0.3) is 0 Å². The first-order chi connectivity index (χ1) is 7.75. The Kier molecular flexibility index (Phi) is 3.93. The van der Waals surface area contributed by atoms with Gasteiger partial charge in [0, 0.05) is 17.5 Å². The predicted molar refractivity (Wildman–Crippen MR) is 58.6 cm³/mol. The largest absolute Gasteiger partial charge is 0.417 e. The third-order valence-electron chi connectivity index (χ3n) is 2.70. The number of alkyl halides is 3. The zero-order chi connectivity index (χ0) is 13.2. The lowest BCUT2D eigenvalue weighted by atomic mass is 9.91. The van der Waals surface area contributed by atoms with E-state index in [4.69, 9.17) is 5.73 Å². The smallest absolute Gasteiger partial charge is 0.327 e. The SMILES string of the molecule is CC(N)C(C)C(=O)c1ccccc1C(F)(F)F. The summed E-state index contributed by atoms with van der Waals surface area (Å²) in [4.78, 5) is 11.9. The highest BCUT2D eigenvalue weighted by molar-refractivity contribution is 5.99. The lowest BCUT2D eigenvalue weighted by Gasteiger charge is -2.17. The molecule has 0 aliphatic carbocycles. The third-order valence-corrected chi connectivity index (χ3v) is 2.70. The van der Waals surface area contributed by atoms with Crippen molar-refractivity contribution in [3.63, 3.8) is 0 Å². The summed E-state index contributed by atoms with van der Waals surface area (Å²) in [5.41, 5.74) is 4.31. The van der Waals surface area contributed by atoms with Gasteiger partial charge in [-0.2, -0.15) is 13.2 Å². The highest BCUT2D eigenvalue weighted by Gasteiger charge is 2.35. The van der Waals surface area contributed by atoms with Gasteiger partial charge in [-0.15, -0.1) is 0 Å². The quantitative estimate of drug-likeness (QED) is 0.832. The minimum absolute atomic E-state index is 0.315. The van der Waals surface area contributed by atoms with E-state index in [1.807, 2.05) is 0 Å². The Morgan fingerprint density at radius 3 is 2.24 bits per heavy atom. The van der Waals surface area contributed by atoms with Crippen LogP contribution in [0.4, 0.5) is 13.2 Å². The van der Waals surface area contributed by atoms with E-state index in [0.717, 1.165) is 6.07 Å². The fourth-order valence-corrected chi connectivity index (χ4v) is 1.43. The summed E-state index contributed by atoms with van der Waals surface area (Å²) in [7, 11) is 0. The van der Waals surface area contributed by atoms with Crippen molar-refractivity contribution in [2.45, 2.75) is 26.1 Å². The molecule has 1 aromatic rings. The molecule has 0 bridgehead atoms. The Labute approximate surface area is 97.6 Å². The van der Waals surface area contributed by atoms with Crippen molar-refractivity contribution < 1.29 is 18.0 Å². The Bertz CT molecular complexity index is 412. The molecule has 2 unspecified atom stereocenters. The van der Waals surface area contributed by atoms with Crippen LogP contribution in [0.15, 0.2) is 24.3 Å². The highest BCUT2D eigenvalue weighted by Crippen LogP contribution is 2.32. The van der Waals surface area contributed by atoms with E-state index in [0.29, 0.717) is 0 Å². The second kappa shape index (κ2) is 4.87.